The summed E-state index contributed by atoms with van der Waals surface area (Å²) in [4.78, 5) is 19.0. The van der Waals surface area contributed by atoms with Crippen LogP contribution in [-0.4, -0.2) is 48.4 Å². The number of piperidine rings is 1. The van der Waals surface area contributed by atoms with Crippen LogP contribution in [0.3, 0.4) is 0 Å². The Bertz CT molecular complexity index is 705. The van der Waals surface area contributed by atoms with Crippen molar-refractivity contribution in [3.05, 3.63) is 30.6 Å². The zero-order valence-electron chi connectivity index (χ0n) is 16.1. The quantitative estimate of drug-likeness (QED) is 0.763. The third kappa shape index (κ3) is 4.51. The van der Waals surface area contributed by atoms with Gasteiger partial charge in [-0.2, -0.15) is 0 Å². The second kappa shape index (κ2) is 8.01. The molecule has 0 aliphatic carbocycles. The molecule has 0 saturated carbocycles. The maximum Gasteiger partial charge on any atom is 0.228 e. The molecule has 26 heavy (non-hydrogen) atoms. The van der Waals surface area contributed by atoms with Crippen molar-refractivity contribution >= 4 is 5.91 Å². The Morgan fingerprint density at radius 1 is 1.38 bits per heavy atom. The van der Waals surface area contributed by atoms with E-state index in [1.165, 1.54) is 0 Å². The van der Waals surface area contributed by atoms with Gasteiger partial charge in [-0.05, 0) is 25.2 Å². The molecule has 0 bridgehead atoms. The van der Waals surface area contributed by atoms with Crippen molar-refractivity contribution in [1.82, 2.24) is 29.4 Å². The molecule has 1 saturated heterocycles. The van der Waals surface area contributed by atoms with Crippen molar-refractivity contribution in [3.8, 4) is 0 Å². The number of hydrogen-bond acceptors (Lipinski definition) is 4. The van der Waals surface area contributed by atoms with Gasteiger partial charge in [-0.15, -0.1) is 5.10 Å². The van der Waals surface area contributed by atoms with Gasteiger partial charge in [-0.1, -0.05) is 32.4 Å². The molecule has 1 amide bonds. The summed E-state index contributed by atoms with van der Waals surface area (Å²) in [6.45, 7) is 9.48. The Morgan fingerprint density at radius 3 is 2.96 bits per heavy atom. The van der Waals surface area contributed by atoms with Gasteiger partial charge >= 0.3 is 0 Å². The van der Waals surface area contributed by atoms with E-state index in [-0.39, 0.29) is 5.41 Å². The molecule has 0 radical (unpaired) electrons. The molecule has 1 atom stereocenters. The van der Waals surface area contributed by atoms with Crippen LogP contribution in [0.15, 0.2) is 24.9 Å². The third-order valence-electron chi connectivity index (χ3n) is 5.20. The minimum Gasteiger partial charge on any atom is -0.342 e. The largest absolute Gasteiger partial charge is 0.342 e. The van der Waals surface area contributed by atoms with Crippen molar-refractivity contribution < 1.29 is 4.79 Å². The summed E-state index contributed by atoms with van der Waals surface area (Å²) < 4.78 is 3.90. The van der Waals surface area contributed by atoms with Gasteiger partial charge in [0.25, 0.3) is 0 Å². The minimum absolute atomic E-state index is 0.262. The van der Waals surface area contributed by atoms with Gasteiger partial charge in [0, 0.05) is 37.4 Å². The molecule has 1 aliphatic rings. The maximum atomic E-state index is 12.9. The van der Waals surface area contributed by atoms with Crippen LogP contribution in [0.5, 0.6) is 0 Å². The minimum atomic E-state index is -0.262. The molecule has 0 N–H and O–H groups in total. The predicted octanol–water partition coefficient (Wildman–Crippen LogP) is 2.59. The first-order valence-corrected chi connectivity index (χ1v) is 9.62. The highest BCUT2D eigenvalue weighted by molar-refractivity contribution is 5.82. The molecule has 142 valence electrons. The lowest BCUT2D eigenvalue weighted by Gasteiger charge is -2.37. The average Bonchev–Trinajstić information content (AvgIpc) is 3.27. The van der Waals surface area contributed by atoms with Gasteiger partial charge in [-0.3, -0.25) is 9.48 Å². The van der Waals surface area contributed by atoms with Crippen molar-refractivity contribution in [2.75, 3.05) is 13.1 Å². The summed E-state index contributed by atoms with van der Waals surface area (Å²) in [5.41, 5.74) is 0.665. The summed E-state index contributed by atoms with van der Waals surface area (Å²) in [5, 5.41) is 8.53. The SMILES string of the molecule is CCCC(C)(C)C(=O)N1CCCC(Cn2cc(Cn3ccnc3)nn2)C1. The fourth-order valence-electron chi connectivity index (χ4n) is 3.89. The van der Waals surface area contributed by atoms with Gasteiger partial charge in [0.15, 0.2) is 0 Å². The molecular formula is C19H30N6O. The van der Waals surface area contributed by atoms with Crippen LogP contribution in [-0.2, 0) is 17.9 Å². The zero-order chi connectivity index (χ0) is 18.6. The summed E-state index contributed by atoms with van der Waals surface area (Å²) in [7, 11) is 0. The summed E-state index contributed by atoms with van der Waals surface area (Å²) in [6.07, 6.45) is 11.6. The van der Waals surface area contributed by atoms with Gasteiger partial charge < -0.3 is 9.47 Å². The van der Waals surface area contributed by atoms with Crippen LogP contribution in [0.25, 0.3) is 0 Å². The average molecular weight is 358 g/mol. The Balaban J connectivity index is 1.57. The highest BCUT2D eigenvalue weighted by atomic mass is 16.2. The molecule has 3 rings (SSSR count). The lowest BCUT2D eigenvalue weighted by atomic mass is 9.85. The normalized spacial score (nSPS) is 18.3. The summed E-state index contributed by atoms with van der Waals surface area (Å²) in [5.74, 6) is 0.733. The first-order chi connectivity index (χ1) is 12.5. The molecule has 2 aromatic rings. The predicted molar refractivity (Wildman–Crippen MR) is 99.3 cm³/mol. The lowest BCUT2D eigenvalue weighted by molar-refractivity contribution is -0.142. The zero-order valence-corrected chi connectivity index (χ0v) is 16.1. The van der Waals surface area contributed by atoms with Crippen LogP contribution in [0, 0.1) is 11.3 Å². The summed E-state index contributed by atoms with van der Waals surface area (Å²) >= 11 is 0. The first-order valence-electron chi connectivity index (χ1n) is 9.62. The topological polar surface area (TPSA) is 68.8 Å². The van der Waals surface area contributed by atoms with E-state index in [0.717, 1.165) is 51.0 Å². The van der Waals surface area contributed by atoms with Crippen LogP contribution >= 0.6 is 0 Å². The fraction of sp³-hybridized carbons (Fsp3) is 0.684. The number of nitrogens with zero attached hydrogens (tertiary/aromatic N) is 6. The Morgan fingerprint density at radius 2 is 2.23 bits per heavy atom. The number of rotatable bonds is 7. The highest BCUT2D eigenvalue weighted by Gasteiger charge is 2.33. The molecule has 7 heteroatoms. The van der Waals surface area contributed by atoms with E-state index in [1.807, 2.05) is 21.6 Å². The fourth-order valence-corrected chi connectivity index (χ4v) is 3.89. The smallest absolute Gasteiger partial charge is 0.228 e. The van der Waals surface area contributed by atoms with E-state index in [4.69, 9.17) is 0 Å². The van der Waals surface area contributed by atoms with E-state index >= 15 is 0 Å². The molecule has 2 aromatic heterocycles. The van der Waals surface area contributed by atoms with Crippen LogP contribution in [0.2, 0.25) is 0 Å². The van der Waals surface area contributed by atoms with Crippen molar-refractivity contribution in [2.45, 2.75) is 59.5 Å². The van der Waals surface area contributed by atoms with Crippen LogP contribution in [0.4, 0.5) is 0 Å². The van der Waals surface area contributed by atoms with Gasteiger partial charge in [0.05, 0.1) is 19.1 Å². The molecule has 1 aliphatic heterocycles. The number of likely N-dealkylation sites (tertiary alicyclic amines) is 1. The van der Waals surface area contributed by atoms with E-state index in [1.54, 1.807) is 12.5 Å². The van der Waals surface area contributed by atoms with E-state index in [0.29, 0.717) is 18.4 Å². The third-order valence-corrected chi connectivity index (χ3v) is 5.20. The number of amides is 1. The van der Waals surface area contributed by atoms with Crippen molar-refractivity contribution in [2.24, 2.45) is 11.3 Å². The number of hydrogen-bond donors (Lipinski definition) is 0. The van der Waals surface area contributed by atoms with Crippen molar-refractivity contribution in [3.63, 3.8) is 0 Å². The molecular weight excluding hydrogens is 328 g/mol. The number of carbonyl (C=O) groups is 1. The van der Waals surface area contributed by atoms with E-state index in [9.17, 15) is 4.79 Å². The Hall–Kier alpha value is -2.18. The maximum absolute atomic E-state index is 12.9. The number of carbonyl (C=O) groups excluding carboxylic acids is 1. The summed E-state index contributed by atoms with van der Waals surface area (Å²) in [6, 6.07) is 0. The van der Waals surface area contributed by atoms with Crippen LogP contribution in [0.1, 0.15) is 52.1 Å². The lowest BCUT2D eigenvalue weighted by Crippen LogP contribution is -2.46. The van der Waals surface area contributed by atoms with Crippen molar-refractivity contribution in [1.29, 1.82) is 0 Å². The number of imidazole rings is 1. The molecule has 0 aromatic carbocycles. The number of aromatic nitrogens is 5. The Labute approximate surface area is 155 Å². The molecule has 0 spiro atoms. The van der Waals surface area contributed by atoms with E-state index in [2.05, 4.69) is 41.0 Å². The molecule has 7 nitrogen and oxygen atoms in total. The monoisotopic (exact) mass is 358 g/mol. The van der Waals surface area contributed by atoms with Gasteiger partial charge in [0.2, 0.25) is 5.91 Å². The Kier molecular flexibility index (Phi) is 5.74. The second-order valence-electron chi connectivity index (χ2n) is 8.06. The second-order valence-corrected chi connectivity index (χ2v) is 8.06. The highest BCUT2D eigenvalue weighted by Crippen LogP contribution is 2.28. The molecule has 1 unspecified atom stereocenters. The van der Waals surface area contributed by atoms with Gasteiger partial charge in [0.1, 0.15) is 5.69 Å². The molecule has 1 fully saturated rings. The van der Waals surface area contributed by atoms with E-state index < -0.39 is 0 Å². The van der Waals surface area contributed by atoms with Crippen LogP contribution < -0.4 is 0 Å². The van der Waals surface area contributed by atoms with Gasteiger partial charge in [-0.25, -0.2) is 4.98 Å². The standard InChI is InChI=1S/C19H30N6O/c1-4-7-19(2,3)18(26)24-9-5-6-16(11-24)12-25-14-17(21-22-25)13-23-10-8-20-15-23/h8,10,14-16H,4-7,9,11-13H2,1-3H3. The molecule has 3 heterocycles. The first kappa shape index (κ1) is 18.6.